The van der Waals surface area contributed by atoms with Gasteiger partial charge in [0.25, 0.3) is 0 Å². The van der Waals surface area contributed by atoms with Crippen LogP contribution in [0.3, 0.4) is 0 Å². The molecule has 1 aliphatic rings. The predicted molar refractivity (Wildman–Crippen MR) is 46.4 cm³/mol. The van der Waals surface area contributed by atoms with Crippen molar-refractivity contribution in [1.29, 1.82) is 0 Å². The molecule has 0 amide bonds. The van der Waals surface area contributed by atoms with Crippen molar-refractivity contribution < 1.29 is 13.2 Å². The average molecular weight is 193 g/mol. The fraction of sp³-hybridized carbons (Fsp3) is 1.00. The largest absolute Gasteiger partial charge is 0.373 e. The normalized spacial score (nSPS) is 33.6. The first-order chi connectivity index (χ1) is 5.39. The molecule has 1 rings (SSSR count). The van der Waals surface area contributed by atoms with Crippen LogP contribution in [0.2, 0.25) is 0 Å². The quantitative estimate of drug-likeness (QED) is 0.591. The number of sulfonamides is 1. The maximum atomic E-state index is 11.1. The molecule has 1 heterocycles. The maximum absolute atomic E-state index is 11.1. The Hall–Kier alpha value is -0.130. The second-order valence-electron chi connectivity index (χ2n) is 3.34. The molecule has 0 aliphatic carbocycles. The van der Waals surface area contributed by atoms with Crippen molar-refractivity contribution in [1.82, 2.24) is 4.31 Å². The van der Waals surface area contributed by atoms with Gasteiger partial charge in [0, 0.05) is 13.1 Å². The van der Waals surface area contributed by atoms with Gasteiger partial charge in [-0.2, -0.15) is 4.31 Å². The molecule has 0 aromatic carbocycles. The number of hydrogen-bond acceptors (Lipinski definition) is 3. The number of nitrogens with zero attached hydrogens (tertiary/aromatic N) is 1. The summed E-state index contributed by atoms with van der Waals surface area (Å²) in [6.07, 6.45) is 1.24. The Morgan fingerprint density at radius 2 is 1.67 bits per heavy atom. The lowest BCUT2D eigenvalue weighted by Gasteiger charge is -2.33. The third-order valence-electron chi connectivity index (χ3n) is 1.86. The SMILES string of the molecule is C[C@@H]1CN(S(C)(=O)=O)C[C@H](C)O1. The molecule has 4 nitrogen and oxygen atoms in total. The van der Waals surface area contributed by atoms with Gasteiger partial charge in [-0.3, -0.25) is 0 Å². The number of hydrogen-bond donors (Lipinski definition) is 0. The van der Waals surface area contributed by atoms with E-state index in [1.807, 2.05) is 13.8 Å². The number of rotatable bonds is 1. The van der Waals surface area contributed by atoms with Gasteiger partial charge in [-0.05, 0) is 13.8 Å². The Labute approximate surface area is 73.6 Å². The Bertz CT molecular complexity index is 239. The molecule has 1 saturated heterocycles. The lowest BCUT2D eigenvalue weighted by atomic mass is 10.3. The molecule has 0 N–H and O–H groups in total. The zero-order valence-electron chi connectivity index (χ0n) is 7.65. The first kappa shape index (κ1) is 9.95. The van der Waals surface area contributed by atoms with E-state index in [2.05, 4.69) is 0 Å². The van der Waals surface area contributed by atoms with Gasteiger partial charge < -0.3 is 4.74 Å². The predicted octanol–water partition coefficient (Wildman–Crippen LogP) is 0.0552. The van der Waals surface area contributed by atoms with Gasteiger partial charge in [0.2, 0.25) is 10.0 Å². The highest BCUT2D eigenvalue weighted by atomic mass is 32.2. The van der Waals surface area contributed by atoms with E-state index in [1.54, 1.807) is 0 Å². The maximum Gasteiger partial charge on any atom is 0.211 e. The second kappa shape index (κ2) is 3.32. The van der Waals surface area contributed by atoms with Crippen LogP contribution >= 0.6 is 0 Å². The molecule has 0 saturated carbocycles. The molecule has 1 fully saturated rings. The van der Waals surface area contributed by atoms with Gasteiger partial charge in [-0.15, -0.1) is 0 Å². The molecule has 0 aromatic rings. The molecule has 0 spiro atoms. The van der Waals surface area contributed by atoms with Crippen LogP contribution in [0, 0.1) is 0 Å². The Morgan fingerprint density at radius 1 is 1.25 bits per heavy atom. The van der Waals surface area contributed by atoms with E-state index in [0.29, 0.717) is 13.1 Å². The van der Waals surface area contributed by atoms with Crippen LogP contribution in [0.25, 0.3) is 0 Å². The van der Waals surface area contributed by atoms with Crippen LogP contribution in [-0.4, -0.2) is 44.3 Å². The molecule has 0 bridgehead atoms. The lowest BCUT2D eigenvalue weighted by Crippen LogP contribution is -2.47. The van der Waals surface area contributed by atoms with E-state index < -0.39 is 10.0 Å². The Kier molecular flexibility index (Phi) is 2.75. The van der Waals surface area contributed by atoms with Crippen molar-refractivity contribution in [2.24, 2.45) is 0 Å². The van der Waals surface area contributed by atoms with Crippen LogP contribution < -0.4 is 0 Å². The van der Waals surface area contributed by atoms with E-state index in [-0.39, 0.29) is 12.2 Å². The van der Waals surface area contributed by atoms with Gasteiger partial charge in [0.15, 0.2) is 0 Å². The van der Waals surface area contributed by atoms with Crippen LogP contribution in [0.15, 0.2) is 0 Å². The van der Waals surface area contributed by atoms with Gasteiger partial charge in [-0.1, -0.05) is 0 Å². The minimum atomic E-state index is -3.04. The van der Waals surface area contributed by atoms with E-state index in [0.717, 1.165) is 0 Å². The summed E-state index contributed by atoms with van der Waals surface area (Å²) in [6, 6.07) is 0. The number of morpholine rings is 1. The van der Waals surface area contributed by atoms with Crippen molar-refractivity contribution in [3.8, 4) is 0 Å². The standard InChI is InChI=1S/C7H15NO3S/c1-6-4-8(12(3,9)10)5-7(2)11-6/h6-7H,4-5H2,1-3H3/t6-,7+. The van der Waals surface area contributed by atoms with Crippen molar-refractivity contribution in [2.75, 3.05) is 19.3 Å². The highest BCUT2D eigenvalue weighted by Crippen LogP contribution is 2.12. The lowest BCUT2D eigenvalue weighted by molar-refractivity contribution is -0.0439. The van der Waals surface area contributed by atoms with E-state index in [9.17, 15) is 8.42 Å². The monoisotopic (exact) mass is 193 g/mol. The zero-order valence-corrected chi connectivity index (χ0v) is 8.47. The smallest absolute Gasteiger partial charge is 0.211 e. The summed E-state index contributed by atoms with van der Waals surface area (Å²) in [5.41, 5.74) is 0. The minimum Gasteiger partial charge on any atom is -0.373 e. The highest BCUT2D eigenvalue weighted by Gasteiger charge is 2.27. The van der Waals surface area contributed by atoms with Gasteiger partial charge in [0.05, 0.1) is 18.5 Å². The molecule has 0 radical (unpaired) electrons. The molecular formula is C7H15NO3S. The zero-order chi connectivity index (χ0) is 9.35. The van der Waals surface area contributed by atoms with E-state index in [4.69, 9.17) is 4.74 Å². The average Bonchev–Trinajstić information content (AvgIpc) is 1.82. The van der Waals surface area contributed by atoms with Crippen molar-refractivity contribution in [3.63, 3.8) is 0 Å². The summed E-state index contributed by atoms with van der Waals surface area (Å²) >= 11 is 0. The van der Waals surface area contributed by atoms with Crippen LogP contribution in [0.4, 0.5) is 0 Å². The molecular weight excluding hydrogens is 178 g/mol. The molecule has 0 unspecified atom stereocenters. The van der Waals surface area contributed by atoms with E-state index >= 15 is 0 Å². The third-order valence-corrected chi connectivity index (χ3v) is 3.09. The summed E-state index contributed by atoms with van der Waals surface area (Å²) < 4.78 is 29.2. The Morgan fingerprint density at radius 3 is 2.00 bits per heavy atom. The van der Waals surface area contributed by atoms with Gasteiger partial charge >= 0.3 is 0 Å². The minimum absolute atomic E-state index is 0.00322. The second-order valence-corrected chi connectivity index (χ2v) is 5.32. The summed E-state index contributed by atoms with van der Waals surface area (Å²) in [5.74, 6) is 0. The van der Waals surface area contributed by atoms with Crippen molar-refractivity contribution >= 4 is 10.0 Å². The van der Waals surface area contributed by atoms with Crippen LogP contribution in [-0.2, 0) is 14.8 Å². The molecule has 5 heteroatoms. The fourth-order valence-corrected chi connectivity index (χ4v) is 2.36. The molecule has 2 atom stereocenters. The summed E-state index contributed by atoms with van der Waals surface area (Å²) in [5, 5.41) is 0. The van der Waals surface area contributed by atoms with Gasteiger partial charge in [0.1, 0.15) is 0 Å². The van der Waals surface area contributed by atoms with Crippen molar-refractivity contribution in [3.05, 3.63) is 0 Å². The number of ether oxygens (including phenoxy) is 1. The van der Waals surface area contributed by atoms with Crippen molar-refractivity contribution in [2.45, 2.75) is 26.1 Å². The van der Waals surface area contributed by atoms with Crippen LogP contribution in [0.1, 0.15) is 13.8 Å². The summed E-state index contributed by atoms with van der Waals surface area (Å²) in [6.45, 7) is 4.72. The van der Waals surface area contributed by atoms with Gasteiger partial charge in [-0.25, -0.2) is 8.42 Å². The fourth-order valence-electron chi connectivity index (χ4n) is 1.40. The van der Waals surface area contributed by atoms with Crippen LogP contribution in [0.5, 0.6) is 0 Å². The first-order valence-corrected chi connectivity index (χ1v) is 5.85. The first-order valence-electron chi connectivity index (χ1n) is 4.00. The summed E-state index contributed by atoms with van der Waals surface area (Å²) in [7, 11) is -3.04. The Balaban J connectivity index is 2.68. The molecule has 72 valence electrons. The summed E-state index contributed by atoms with van der Waals surface area (Å²) in [4.78, 5) is 0. The third kappa shape index (κ3) is 2.43. The molecule has 0 aromatic heterocycles. The van der Waals surface area contributed by atoms with E-state index in [1.165, 1.54) is 10.6 Å². The molecule has 12 heavy (non-hydrogen) atoms. The highest BCUT2D eigenvalue weighted by molar-refractivity contribution is 7.88. The topological polar surface area (TPSA) is 46.6 Å². The molecule has 1 aliphatic heterocycles.